The number of amides is 2. The summed E-state index contributed by atoms with van der Waals surface area (Å²) in [6, 6.07) is 7.33. The van der Waals surface area contributed by atoms with Crippen molar-refractivity contribution in [2.75, 3.05) is 0 Å². The summed E-state index contributed by atoms with van der Waals surface area (Å²) in [7, 11) is 0. The highest BCUT2D eigenvalue weighted by atomic mass is 32.1. The molecule has 0 aromatic carbocycles. The van der Waals surface area contributed by atoms with Crippen LogP contribution in [0.1, 0.15) is 32.3 Å². The predicted molar refractivity (Wildman–Crippen MR) is 85.1 cm³/mol. The van der Waals surface area contributed by atoms with Gasteiger partial charge >= 0.3 is 11.8 Å². The van der Waals surface area contributed by atoms with E-state index in [2.05, 4.69) is 10.6 Å². The lowest BCUT2D eigenvalue weighted by atomic mass is 10.3. The van der Waals surface area contributed by atoms with Gasteiger partial charge in [0.25, 0.3) is 0 Å². The maximum Gasteiger partial charge on any atom is 0.309 e. The van der Waals surface area contributed by atoms with Crippen LogP contribution in [0.15, 0.2) is 29.6 Å². The third-order valence-corrected chi connectivity index (χ3v) is 5.13. The van der Waals surface area contributed by atoms with Gasteiger partial charge in [-0.2, -0.15) is 0 Å². The minimum Gasteiger partial charge on any atom is -0.345 e. The summed E-state index contributed by atoms with van der Waals surface area (Å²) in [5.74, 6) is -1.23. The average molecular weight is 334 g/mol. The molecule has 0 saturated heterocycles. The zero-order valence-electron chi connectivity index (χ0n) is 11.6. The second-order valence-electron chi connectivity index (χ2n) is 5.00. The van der Waals surface area contributed by atoms with Gasteiger partial charge in [-0.15, -0.1) is 22.7 Å². The highest BCUT2D eigenvalue weighted by Gasteiger charge is 2.26. The number of carbonyl (C=O) groups is 3. The van der Waals surface area contributed by atoms with Crippen molar-refractivity contribution in [1.82, 2.24) is 10.6 Å². The van der Waals surface area contributed by atoms with Crippen molar-refractivity contribution in [2.45, 2.75) is 25.4 Å². The smallest absolute Gasteiger partial charge is 0.309 e. The Bertz CT molecular complexity index is 702. The highest BCUT2D eigenvalue weighted by molar-refractivity contribution is 7.16. The maximum absolute atomic E-state index is 12.2. The molecule has 0 bridgehead atoms. The SMILES string of the molecule is O=C(NCc1ccc(C(=O)c2cccs2)s1)C(=O)NC1CC1. The number of rotatable bonds is 5. The summed E-state index contributed by atoms with van der Waals surface area (Å²) >= 11 is 2.73. The Labute approximate surface area is 135 Å². The largest absolute Gasteiger partial charge is 0.345 e. The number of ketones is 1. The average Bonchev–Trinajstić information content (AvgIpc) is 3.01. The molecule has 114 valence electrons. The van der Waals surface area contributed by atoms with Gasteiger partial charge in [-0.05, 0) is 36.4 Å². The van der Waals surface area contributed by atoms with E-state index >= 15 is 0 Å². The molecule has 0 spiro atoms. The third-order valence-electron chi connectivity index (χ3n) is 3.17. The molecule has 2 heterocycles. The summed E-state index contributed by atoms with van der Waals surface area (Å²) in [4.78, 5) is 37.5. The van der Waals surface area contributed by atoms with Crippen LogP contribution in [0.4, 0.5) is 0 Å². The van der Waals surface area contributed by atoms with Crippen LogP contribution in [0.25, 0.3) is 0 Å². The molecule has 0 aliphatic heterocycles. The van der Waals surface area contributed by atoms with Gasteiger partial charge in [-0.1, -0.05) is 6.07 Å². The number of thiophene rings is 2. The van der Waals surface area contributed by atoms with Gasteiger partial charge in [0.2, 0.25) is 5.78 Å². The van der Waals surface area contributed by atoms with Crippen LogP contribution in [0, 0.1) is 0 Å². The van der Waals surface area contributed by atoms with Crippen LogP contribution in [0.2, 0.25) is 0 Å². The first-order valence-electron chi connectivity index (χ1n) is 6.89. The van der Waals surface area contributed by atoms with E-state index in [9.17, 15) is 14.4 Å². The lowest BCUT2D eigenvalue weighted by Gasteiger charge is -2.03. The minimum atomic E-state index is -0.633. The second-order valence-corrected chi connectivity index (χ2v) is 7.12. The van der Waals surface area contributed by atoms with Gasteiger partial charge in [0.1, 0.15) is 0 Å². The predicted octanol–water partition coefficient (Wildman–Crippen LogP) is 1.94. The van der Waals surface area contributed by atoms with Crippen molar-refractivity contribution in [3.8, 4) is 0 Å². The molecule has 5 nitrogen and oxygen atoms in total. The summed E-state index contributed by atoms with van der Waals surface area (Å²) in [6.07, 6.45) is 1.89. The van der Waals surface area contributed by atoms with Crippen LogP contribution < -0.4 is 10.6 Å². The lowest BCUT2D eigenvalue weighted by molar-refractivity contribution is -0.139. The molecular formula is C15H14N2O3S2. The van der Waals surface area contributed by atoms with E-state index in [1.54, 1.807) is 18.2 Å². The quantitative estimate of drug-likeness (QED) is 0.648. The molecule has 7 heteroatoms. The van der Waals surface area contributed by atoms with Gasteiger partial charge in [0.05, 0.1) is 16.3 Å². The molecule has 3 rings (SSSR count). The van der Waals surface area contributed by atoms with Crippen molar-refractivity contribution >= 4 is 40.3 Å². The number of nitrogens with one attached hydrogen (secondary N) is 2. The van der Waals surface area contributed by atoms with Gasteiger partial charge < -0.3 is 10.6 Å². The molecule has 2 N–H and O–H groups in total. The van der Waals surface area contributed by atoms with Crippen LogP contribution in [0.5, 0.6) is 0 Å². The van der Waals surface area contributed by atoms with E-state index in [-0.39, 0.29) is 18.4 Å². The molecule has 0 atom stereocenters. The first-order valence-corrected chi connectivity index (χ1v) is 8.58. The lowest BCUT2D eigenvalue weighted by Crippen LogP contribution is -2.40. The maximum atomic E-state index is 12.2. The summed E-state index contributed by atoms with van der Waals surface area (Å²) in [5, 5.41) is 7.06. The molecule has 1 aliphatic rings. The molecule has 1 saturated carbocycles. The van der Waals surface area contributed by atoms with Crippen molar-refractivity contribution < 1.29 is 14.4 Å². The Kier molecular flexibility index (Phi) is 4.35. The van der Waals surface area contributed by atoms with E-state index in [4.69, 9.17) is 0 Å². The summed E-state index contributed by atoms with van der Waals surface area (Å²) < 4.78 is 0. The molecule has 2 aromatic heterocycles. The van der Waals surface area contributed by atoms with E-state index in [0.29, 0.717) is 9.75 Å². The Morgan fingerprint density at radius 3 is 2.59 bits per heavy atom. The van der Waals surface area contributed by atoms with Crippen molar-refractivity contribution in [1.29, 1.82) is 0 Å². The monoisotopic (exact) mass is 334 g/mol. The van der Waals surface area contributed by atoms with Crippen molar-refractivity contribution in [2.24, 2.45) is 0 Å². The Hall–Kier alpha value is -1.99. The number of hydrogen-bond donors (Lipinski definition) is 2. The molecule has 2 aromatic rings. The Morgan fingerprint density at radius 2 is 1.91 bits per heavy atom. The summed E-state index contributed by atoms with van der Waals surface area (Å²) in [6.45, 7) is 0.249. The molecular weight excluding hydrogens is 320 g/mol. The molecule has 1 fully saturated rings. The summed E-state index contributed by atoms with van der Waals surface area (Å²) in [5.41, 5.74) is 0. The van der Waals surface area contributed by atoms with Crippen LogP contribution in [-0.4, -0.2) is 23.6 Å². The fourth-order valence-electron chi connectivity index (χ4n) is 1.85. The third kappa shape index (κ3) is 3.61. The van der Waals surface area contributed by atoms with Crippen molar-refractivity contribution in [3.63, 3.8) is 0 Å². The zero-order valence-corrected chi connectivity index (χ0v) is 13.3. The van der Waals surface area contributed by atoms with Crippen LogP contribution in [0.3, 0.4) is 0 Å². The normalized spacial score (nSPS) is 13.6. The highest BCUT2D eigenvalue weighted by Crippen LogP contribution is 2.22. The topological polar surface area (TPSA) is 75.3 Å². The van der Waals surface area contributed by atoms with Gasteiger partial charge in [-0.3, -0.25) is 14.4 Å². The first-order chi connectivity index (χ1) is 10.6. The Morgan fingerprint density at radius 1 is 1.09 bits per heavy atom. The zero-order chi connectivity index (χ0) is 15.5. The van der Waals surface area contributed by atoms with Crippen molar-refractivity contribution in [3.05, 3.63) is 44.3 Å². The van der Waals surface area contributed by atoms with Gasteiger partial charge in [0.15, 0.2) is 0 Å². The van der Waals surface area contributed by atoms with E-state index < -0.39 is 11.8 Å². The second kappa shape index (κ2) is 6.41. The molecule has 0 radical (unpaired) electrons. The minimum absolute atomic E-state index is 0.0101. The first kappa shape index (κ1) is 14.9. The number of hydrogen-bond acceptors (Lipinski definition) is 5. The molecule has 0 unspecified atom stereocenters. The molecule has 22 heavy (non-hydrogen) atoms. The van der Waals surface area contributed by atoms with Crippen LogP contribution in [-0.2, 0) is 16.1 Å². The van der Waals surface area contributed by atoms with Gasteiger partial charge in [0, 0.05) is 10.9 Å². The van der Waals surface area contributed by atoms with Gasteiger partial charge in [-0.25, -0.2) is 0 Å². The van der Waals surface area contributed by atoms with E-state index in [0.717, 1.165) is 17.7 Å². The van der Waals surface area contributed by atoms with E-state index in [1.807, 2.05) is 11.4 Å². The fourth-order valence-corrected chi connectivity index (χ4v) is 3.49. The van der Waals surface area contributed by atoms with E-state index in [1.165, 1.54) is 22.7 Å². The Balaban J connectivity index is 1.54. The molecule has 2 amide bonds. The fraction of sp³-hybridized carbons (Fsp3) is 0.267. The standard InChI is InChI=1S/C15H14N2O3S2/c18-13(11-2-1-7-21-11)12-6-5-10(22-12)8-16-14(19)15(20)17-9-3-4-9/h1-2,5-7,9H,3-4,8H2,(H,16,19)(H,17,20). The number of carbonyl (C=O) groups excluding carboxylic acids is 3. The molecule has 1 aliphatic carbocycles. The van der Waals surface area contributed by atoms with Crippen LogP contribution >= 0.6 is 22.7 Å².